The monoisotopic (exact) mass is 166 g/mol. The number of carbonyl (C=O) groups is 1. The van der Waals surface area contributed by atoms with E-state index >= 15 is 0 Å². The van der Waals surface area contributed by atoms with Crippen LogP contribution in [0.2, 0.25) is 0 Å². The summed E-state index contributed by atoms with van der Waals surface area (Å²) in [5.74, 6) is 1.92. The Bertz CT molecular complexity index is 273. The van der Waals surface area contributed by atoms with Gasteiger partial charge in [-0.1, -0.05) is 0 Å². The van der Waals surface area contributed by atoms with Gasteiger partial charge >= 0.3 is 5.97 Å². The molecule has 3 heteroatoms. The second kappa shape index (κ2) is 1.55. The van der Waals surface area contributed by atoms with Gasteiger partial charge in [-0.05, 0) is 12.3 Å². The Labute approximate surface area is 70.0 Å². The van der Waals surface area contributed by atoms with Crippen molar-refractivity contribution in [2.24, 2.45) is 23.7 Å². The Balaban J connectivity index is 1.80. The molecule has 12 heavy (non-hydrogen) atoms. The Morgan fingerprint density at radius 3 is 2.92 bits per heavy atom. The molecule has 0 aromatic rings. The fourth-order valence-corrected chi connectivity index (χ4v) is 3.61. The molecule has 4 fully saturated rings. The third kappa shape index (κ3) is 0.454. The molecule has 0 N–H and O–H groups in total. The van der Waals surface area contributed by atoms with Gasteiger partial charge in [0.1, 0.15) is 0 Å². The fourth-order valence-electron chi connectivity index (χ4n) is 3.61. The molecule has 2 aliphatic heterocycles. The zero-order chi connectivity index (χ0) is 7.87. The van der Waals surface area contributed by atoms with E-state index in [0.29, 0.717) is 36.6 Å². The average molecular weight is 166 g/mol. The first-order chi connectivity index (χ1) is 5.86. The second-order valence-corrected chi connectivity index (χ2v) is 4.45. The van der Waals surface area contributed by atoms with Crippen LogP contribution in [0.5, 0.6) is 0 Å². The maximum Gasteiger partial charge on any atom is 0.309 e. The van der Waals surface area contributed by atoms with Crippen LogP contribution < -0.4 is 0 Å². The van der Waals surface area contributed by atoms with Gasteiger partial charge in [0.05, 0.1) is 24.7 Å². The van der Waals surface area contributed by atoms with Crippen LogP contribution >= 0.6 is 0 Å². The summed E-state index contributed by atoms with van der Waals surface area (Å²) in [5, 5.41) is 0. The molecule has 2 bridgehead atoms. The van der Waals surface area contributed by atoms with E-state index in [4.69, 9.17) is 9.47 Å². The summed E-state index contributed by atoms with van der Waals surface area (Å²) in [5.41, 5.74) is 0. The van der Waals surface area contributed by atoms with Gasteiger partial charge in [-0.15, -0.1) is 0 Å². The molecular formula is C9H10O3. The first kappa shape index (κ1) is 5.97. The van der Waals surface area contributed by atoms with Crippen LogP contribution in [0.1, 0.15) is 6.42 Å². The third-order valence-corrected chi connectivity index (χ3v) is 4.11. The molecule has 2 saturated carbocycles. The second-order valence-electron chi connectivity index (χ2n) is 4.45. The summed E-state index contributed by atoms with van der Waals surface area (Å²) >= 11 is 0. The van der Waals surface area contributed by atoms with E-state index in [2.05, 4.69) is 0 Å². The molecule has 3 nitrogen and oxygen atoms in total. The summed E-state index contributed by atoms with van der Waals surface area (Å²) < 4.78 is 10.6. The lowest BCUT2D eigenvalue weighted by atomic mass is 9.81. The Morgan fingerprint density at radius 1 is 1.17 bits per heavy atom. The maximum atomic E-state index is 11.3. The Kier molecular flexibility index (Phi) is 0.773. The number of ether oxygens (including phenoxy) is 2. The van der Waals surface area contributed by atoms with Crippen molar-refractivity contribution in [1.29, 1.82) is 0 Å². The fraction of sp³-hybridized carbons (Fsp3) is 0.889. The number of hydrogen-bond acceptors (Lipinski definition) is 3. The van der Waals surface area contributed by atoms with Crippen molar-refractivity contribution < 1.29 is 14.3 Å². The lowest BCUT2D eigenvalue weighted by Gasteiger charge is -2.15. The number of epoxide rings is 1. The standard InChI is InChI=1S/C9H10O3/c10-9-6-4-1-3(5(6)2-11-9)7-8(4)12-7/h3-8H,1-2H2/t3-,4-,5-,6+,7-,8+/m1/s1. The van der Waals surface area contributed by atoms with E-state index < -0.39 is 0 Å². The molecule has 64 valence electrons. The topological polar surface area (TPSA) is 38.8 Å². The number of hydrogen-bond donors (Lipinski definition) is 0. The van der Waals surface area contributed by atoms with E-state index in [0.717, 1.165) is 0 Å². The van der Waals surface area contributed by atoms with Crippen LogP contribution in [0.3, 0.4) is 0 Å². The SMILES string of the molecule is O=C1OC[C@@H]2[C@H]3C[C@@H]([C@@H]4O[C@H]34)[C@H]12. The van der Waals surface area contributed by atoms with Crippen molar-refractivity contribution in [2.45, 2.75) is 18.6 Å². The maximum absolute atomic E-state index is 11.3. The first-order valence-corrected chi connectivity index (χ1v) is 4.68. The normalized spacial score (nSPS) is 64.5. The minimum absolute atomic E-state index is 0.0430. The molecule has 2 heterocycles. The molecule has 4 aliphatic rings. The van der Waals surface area contributed by atoms with E-state index in [1.54, 1.807) is 0 Å². The molecule has 0 aromatic heterocycles. The molecule has 2 aliphatic carbocycles. The smallest absolute Gasteiger partial charge is 0.309 e. The average Bonchev–Trinajstić information content (AvgIpc) is 2.50. The molecule has 0 radical (unpaired) electrons. The predicted octanol–water partition coefficient (Wildman–Crippen LogP) is 0.193. The summed E-state index contributed by atoms with van der Waals surface area (Å²) in [6, 6.07) is 0. The minimum atomic E-state index is 0.0430. The van der Waals surface area contributed by atoms with Crippen molar-refractivity contribution in [3.8, 4) is 0 Å². The van der Waals surface area contributed by atoms with Crippen LogP contribution in [-0.4, -0.2) is 24.8 Å². The predicted molar refractivity (Wildman–Crippen MR) is 38.2 cm³/mol. The first-order valence-electron chi connectivity index (χ1n) is 4.68. The van der Waals surface area contributed by atoms with Crippen LogP contribution in [0, 0.1) is 23.7 Å². The molecule has 0 unspecified atom stereocenters. The van der Waals surface area contributed by atoms with Gasteiger partial charge in [-0.2, -0.15) is 0 Å². The highest BCUT2D eigenvalue weighted by Crippen LogP contribution is 2.63. The van der Waals surface area contributed by atoms with E-state index in [9.17, 15) is 4.79 Å². The summed E-state index contributed by atoms with van der Waals surface area (Å²) in [4.78, 5) is 11.3. The van der Waals surface area contributed by atoms with E-state index in [1.807, 2.05) is 0 Å². The molecule has 0 aromatic carbocycles. The number of esters is 1. The van der Waals surface area contributed by atoms with Gasteiger partial charge in [0.15, 0.2) is 0 Å². The van der Waals surface area contributed by atoms with E-state index in [-0.39, 0.29) is 11.9 Å². The van der Waals surface area contributed by atoms with Crippen molar-refractivity contribution in [2.75, 3.05) is 6.61 Å². The number of cyclic esters (lactones) is 1. The van der Waals surface area contributed by atoms with E-state index in [1.165, 1.54) is 6.42 Å². The van der Waals surface area contributed by atoms with Gasteiger partial charge in [-0.3, -0.25) is 4.79 Å². The minimum Gasteiger partial charge on any atom is -0.465 e. The highest BCUT2D eigenvalue weighted by atomic mass is 16.6. The van der Waals surface area contributed by atoms with Crippen LogP contribution in [0.4, 0.5) is 0 Å². The lowest BCUT2D eigenvalue weighted by molar-refractivity contribution is -0.142. The largest absolute Gasteiger partial charge is 0.465 e. The van der Waals surface area contributed by atoms with Gasteiger partial charge in [-0.25, -0.2) is 0 Å². The zero-order valence-electron chi connectivity index (χ0n) is 6.60. The van der Waals surface area contributed by atoms with Gasteiger partial charge in [0.2, 0.25) is 0 Å². The summed E-state index contributed by atoms with van der Waals surface area (Å²) in [6.45, 7) is 0.664. The van der Waals surface area contributed by atoms with Gasteiger partial charge < -0.3 is 9.47 Å². The molecular weight excluding hydrogens is 156 g/mol. The lowest BCUT2D eigenvalue weighted by Crippen LogP contribution is -2.28. The number of rotatable bonds is 0. The molecule has 0 spiro atoms. The van der Waals surface area contributed by atoms with Crippen LogP contribution in [0.25, 0.3) is 0 Å². The van der Waals surface area contributed by atoms with Crippen molar-refractivity contribution in [3.63, 3.8) is 0 Å². The summed E-state index contributed by atoms with van der Waals surface area (Å²) in [7, 11) is 0. The molecule has 6 atom stereocenters. The van der Waals surface area contributed by atoms with Crippen molar-refractivity contribution in [1.82, 2.24) is 0 Å². The number of carbonyl (C=O) groups excluding carboxylic acids is 1. The van der Waals surface area contributed by atoms with Crippen molar-refractivity contribution in [3.05, 3.63) is 0 Å². The van der Waals surface area contributed by atoms with Crippen LogP contribution in [0.15, 0.2) is 0 Å². The molecule has 4 rings (SSSR count). The zero-order valence-corrected chi connectivity index (χ0v) is 6.60. The number of fused-ring (bicyclic) bond motifs is 8. The summed E-state index contributed by atoms with van der Waals surface area (Å²) in [6.07, 6.45) is 2.16. The Hall–Kier alpha value is -0.570. The van der Waals surface area contributed by atoms with Gasteiger partial charge in [0, 0.05) is 11.8 Å². The van der Waals surface area contributed by atoms with Gasteiger partial charge in [0.25, 0.3) is 0 Å². The molecule has 0 amide bonds. The third-order valence-electron chi connectivity index (χ3n) is 4.11. The molecule has 2 saturated heterocycles. The van der Waals surface area contributed by atoms with Crippen LogP contribution in [-0.2, 0) is 14.3 Å². The Morgan fingerprint density at radius 2 is 2.00 bits per heavy atom. The highest BCUT2D eigenvalue weighted by molar-refractivity contribution is 5.76. The quantitative estimate of drug-likeness (QED) is 0.381. The van der Waals surface area contributed by atoms with Crippen molar-refractivity contribution >= 4 is 5.97 Å². The highest BCUT2D eigenvalue weighted by Gasteiger charge is 2.70.